The van der Waals surface area contributed by atoms with E-state index in [-0.39, 0.29) is 28.1 Å². The van der Waals surface area contributed by atoms with Crippen molar-refractivity contribution in [2.24, 2.45) is 0 Å². The molecule has 0 aliphatic carbocycles. The van der Waals surface area contributed by atoms with E-state index in [1.165, 1.54) is 31.6 Å². The summed E-state index contributed by atoms with van der Waals surface area (Å²) in [6, 6.07) is 5.23. The molecule has 0 radical (unpaired) electrons. The number of pyridine rings is 2. The maximum Gasteiger partial charge on any atom is 0.270 e. The molecule has 1 aliphatic heterocycles. The highest BCUT2D eigenvalue weighted by atomic mass is 32.2. The topological polar surface area (TPSA) is 133 Å². The first-order chi connectivity index (χ1) is 18.4. The lowest BCUT2D eigenvalue weighted by atomic mass is 10.1. The normalized spacial score (nSPS) is 15.2. The van der Waals surface area contributed by atoms with Gasteiger partial charge in [0.2, 0.25) is 0 Å². The summed E-state index contributed by atoms with van der Waals surface area (Å²) in [4.78, 5) is 21.9. The third kappa shape index (κ3) is 4.65. The molecular weight excluding hydrogens is 525 g/mol. The molecule has 39 heavy (non-hydrogen) atoms. The van der Waals surface area contributed by atoms with Gasteiger partial charge in [0.25, 0.3) is 5.91 Å². The minimum atomic E-state index is -3.76. The lowest BCUT2D eigenvalue weighted by Gasteiger charge is -2.28. The average Bonchev–Trinajstić information content (AvgIpc) is 3.45. The van der Waals surface area contributed by atoms with Gasteiger partial charge in [-0.2, -0.15) is 5.10 Å². The van der Waals surface area contributed by atoms with Crippen LogP contribution in [-0.2, 0) is 9.84 Å². The predicted octanol–water partition coefficient (Wildman–Crippen LogP) is 2.95. The second-order valence-corrected chi connectivity index (χ2v) is 13.1. The SMILES string of the molecule is COc1cc2ncc(-c3cc(C(=O)N[C@H](C)c4ncccc4F)n(C4CNC4)n3)n2cc1S(=O)(=O)C(C)(C)C. The zero-order chi connectivity index (χ0) is 28.1. The molecule has 1 amide bonds. The Labute approximate surface area is 225 Å². The van der Waals surface area contributed by atoms with Crippen LogP contribution in [0, 0.1) is 5.82 Å². The maximum absolute atomic E-state index is 14.2. The van der Waals surface area contributed by atoms with E-state index in [1.54, 1.807) is 55.1 Å². The fraction of sp³-hybridized carbons (Fsp3) is 0.385. The molecule has 11 nitrogen and oxygen atoms in total. The van der Waals surface area contributed by atoms with E-state index in [1.807, 2.05) is 0 Å². The smallest absolute Gasteiger partial charge is 0.270 e. The predicted molar refractivity (Wildman–Crippen MR) is 142 cm³/mol. The van der Waals surface area contributed by atoms with Gasteiger partial charge in [0.05, 0.1) is 41.5 Å². The summed E-state index contributed by atoms with van der Waals surface area (Å²) in [6.45, 7) is 7.78. The van der Waals surface area contributed by atoms with Gasteiger partial charge >= 0.3 is 0 Å². The van der Waals surface area contributed by atoms with Gasteiger partial charge in [0, 0.05) is 31.5 Å². The number of imidazole rings is 1. The molecule has 0 spiro atoms. The van der Waals surface area contributed by atoms with Crippen molar-refractivity contribution in [2.75, 3.05) is 20.2 Å². The summed E-state index contributed by atoms with van der Waals surface area (Å²) < 4.78 is 48.5. The molecule has 13 heteroatoms. The molecule has 5 rings (SSSR count). The lowest BCUT2D eigenvalue weighted by Crippen LogP contribution is -2.45. The van der Waals surface area contributed by atoms with Crippen molar-refractivity contribution in [3.05, 3.63) is 60.1 Å². The average molecular weight is 556 g/mol. The van der Waals surface area contributed by atoms with Crippen LogP contribution < -0.4 is 15.4 Å². The monoisotopic (exact) mass is 555 g/mol. The second-order valence-electron chi connectivity index (χ2n) is 10.4. The number of hydrogen-bond acceptors (Lipinski definition) is 8. The molecule has 4 aromatic heterocycles. The van der Waals surface area contributed by atoms with Crippen LogP contribution in [0.5, 0.6) is 5.75 Å². The Hall–Kier alpha value is -3.84. The van der Waals surface area contributed by atoms with Gasteiger partial charge in [-0.1, -0.05) is 0 Å². The van der Waals surface area contributed by atoms with Crippen molar-refractivity contribution in [3.8, 4) is 17.1 Å². The summed E-state index contributed by atoms with van der Waals surface area (Å²) in [7, 11) is -2.35. The van der Waals surface area contributed by atoms with Crippen LogP contribution in [-0.4, -0.2) is 63.4 Å². The van der Waals surface area contributed by atoms with Crippen LogP contribution in [0.2, 0.25) is 0 Å². The fourth-order valence-corrected chi connectivity index (χ4v) is 5.65. The van der Waals surface area contributed by atoms with Crippen molar-refractivity contribution in [1.29, 1.82) is 0 Å². The number of amides is 1. The number of nitrogens with zero attached hydrogens (tertiary/aromatic N) is 5. The molecule has 1 fully saturated rings. The van der Waals surface area contributed by atoms with Gasteiger partial charge in [-0.15, -0.1) is 0 Å². The molecule has 5 heterocycles. The Bertz CT molecular complexity index is 1670. The van der Waals surface area contributed by atoms with E-state index in [4.69, 9.17) is 9.84 Å². The number of sulfone groups is 1. The maximum atomic E-state index is 14.2. The van der Waals surface area contributed by atoms with E-state index in [0.717, 1.165) is 0 Å². The summed E-state index contributed by atoms with van der Waals surface area (Å²) in [5.74, 6) is -0.758. The van der Waals surface area contributed by atoms with Crippen molar-refractivity contribution in [1.82, 2.24) is 34.8 Å². The molecule has 4 aromatic rings. The minimum Gasteiger partial charge on any atom is -0.495 e. The number of halogens is 1. The Kier molecular flexibility index (Phi) is 6.67. The van der Waals surface area contributed by atoms with Crippen molar-refractivity contribution < 1.29 is 22.3 Å². The highest BCUT2D eigenvalue weighted by molar-refractivity contribution is 7.92. The van der Waals surface area contributed by atoms with Crippen LogP contribution >= 0.6 is 0 Å². The number of carbonyl (C=O) groups excluding carboxylic acids is 1. The molecule has 0 saturated carbocycles. The van der Waals surface area contributed by atoms with Crippen molar-refractivity contribution in [2.45, 2.75) is 49.4 Å². The summed E-state index contributed by atoms with van der Waals surface area (Å²) in [5.41, 5.74) is 1.80. The zero-order valence-corrected chi connectivity index (χ0v) is 23.1. The Morgan fingerprint density at radius 3 is 2.62 bits per heavy atom. The summed E-state index contributed by atoms with van der Waals surface area (Å²) in [6.07, 6.45) is 4.52. The first kappa shape index (κ1) is 26.8. The third-order valence-electron chi connectivity index (χ3n) is 6.77. The van der Waals surface area contributed by atoms with Gasteiger partial charge in [0.15, 0.2) is 9.84 Å². The van der Waals surface area contributed by atoms with Gasteiger partial charge in [0.1, 0.15) is 33.5 Å². The largest absolute Gasteiger partial charge is 0.495 e. The third-order valence-corrected chi connectivity index (χ3v) is 9.27. The first-order valence-corrected chi connectivity index (χ1v) is 13.9. The minimum absolute atomic E-state index is 0.0241. The lowest BCUT2D eigenvalue weighted by molar-refractivity contribution is 0.0922. The molecule has 1 aliphatic rings. The van der Waals surface area contributed by atoms with Gasteiger partial charge in [-0.25, -0.2) is 17.8 Å². The van der Waals surface area contributed by atoms with Crippen LogP contribution in [0.1, 0.15) is 56.0 Å². The Morgan fingerprint density at radius 1 is 1.26 bits per heavy atom. The molecule has 2 N–H and O–H groups in total. The molecule has 206 valence electrons. The highest BCUT2D eigenvalue weighted by Gasteiger charge is 2.35. The van der Waals surface area contributed by atoms with Crippen LogP contribution in [0.3, 0.4) is 0 Å². The quantitative estimate of drug-likeness (QED) is 0.356. The number of nitrogens with one attached hydrogen (secondary N) is 2. The van der Waals surface area contributed by atoms with Crippen LogP contribution in [0.15, 0.2) is 47.8 Å². The first-order valence-electron chi connectivity index (χ1n) is 12.4. The molecule has 0 aromatic carbocycles. The molecule has 0 bridgehead atoms. The number of rotatable bonds is 7. The Balaban J connectivity index is 1.57. The van der Waals surface area contributed by atoms with Gasteiger partial charge in [-0.3, -0.25) is 18.9 Å². The van der Waals surface area contributed by atoms with Crippen LogP contribution in [0.25, 0.3) is 17.0 Å². The van der Waals surface area contributed by atoms with Crippen molar-refractivity contribution in [3.63, 3.8) is 0 Å². The number of hydrogen-bond donors (Lipinski definition) is 2. The number of ether oxygens (including phenoxy) is 1. The second kappa shape index (κ2) is 9.72. The standard InChI is InChI=1S/C26H30FN7O4S/c1-15(24-17(27)7-6-8-29-24)31-25(35)19-9-18(32-34(19)16-11-28-12-16)20-13-30-23-10-21(38-5)22(14-33(20)23)39(36,37)26(2,3)4/h6-10,13-16,28H,11-12H2,1-5H3,(H,31,35)/t15-/m1/s1. The van der Waals surface area contributed by atoms with Crippen LogP contribution in [0.4, 0.5) is 4.39 Å². The molecular formula is C26H30FN7O4S. The number of methoxy groups -OCH3 is 1. The van der Waals surface area contributed by atoms with Gasteiger partial charge in [-0.05, 0) is 45.9 Å². The Morgan fingerprint density at radius 2 is 2.00 bits per heavy atom. The van der Waals surface area contributed by atoms with E-state index in [2.05, 4.69) is 20.6 Å². The van der Waals surface area contributed by atoms with E-state index >= 15 is 0 Å². The van der Waals surface area contributed by atoms with Gasteiger partial charge < -0.3 is 15.4 Å². The fourth-order valence-electron chi connectivity index (χ4n) is 4.34. The number of fused-ring (bicyclic) bond motifs is 1. The number of carbonyl (C=O) groups is 1. The molecule has 1 atom stereocenters. The van der Waals surface area contributed by atoms with E-state index in [0.29, 0.717) is 30.1 Å². The molecule has 1 saturated heterocycles. The molecule has 0 unspecified atom stereocenters. The van der Waals surface area contributed by atoms with E-state index in [9.17, 15) is 17.6 Å². The van der Waals surface area contributed by atoms with Crippen molar-refractivity contribution >= 4 is 21.4 Å². The number of aromatic nitrogens is 5. The highest BCUT2D eigenvalue weighted by Crippen LogP contribution is 2.34. The van der Waals surface area contributed by atoms with E-state index < -0.39 is 32.4 Å². The zero-order valence-electron chi connectivity index (χ0n) is 22.3. The summed E-state index contributed by atoms with van der Waals surface area (Å²) in [5, 5.41) is 10.7. The summed E-state index contributed by atoms with van der Waals surface area (Å²) >= 11 is 0.